The summed E-state index contributed by atoms with van der Waals surface area (Å²) in [6, 6.07) is 5.54. The number of ether oxygens (including phenoxy) is 1. The van der Waals surface area contributed by atoms with Crippen LogP contribution in [-0.2, 0) is 10.3 Å². The van der Waals surface area contributed by atoms with Gasteiger partial charge in [-0.1, -0.05) is 23.7 Å². The Hall–Kier alpha value is -1.55. The minimum atomic E-state index is -0.836. The van der Waals surface area contributed by atoms with Gasteiger partial charge in [0.25, 0.3) is 0 Å². The van der Waals surface area contributed by atoms with Crippen molar-refractivity contribution in [1.29, 1.82) is 0 Å². The van der Waals surface area contributed by atoms with E-state index in [1.54, 1.807) is 6.07 Å². The SMILES string of the molecule is CC1=NNC(=O)OC1(C)c1ccc(Cl)c(C)c1. The molecule has 1 aliphatic rings. The first-order valence-electron chi connectivity index (χ1n) is 5.24. The fourth-order valence-electron chi connectivity index (χ4n) is 1.73. The maximum Gasteiger partial charge on any atom is 0.429 e. The average Bonchev–Trinajstić information content (AvgIpc) is 2.28. The first kappa shape index (κ1) is 11.9. The number of aryl methyl sites for hydroxylation is 1. The van der Waals surface area contributed by atoms with Gasteiger partial charge in [0.15, 0.2) is 5.60 Å². The van der Waals surface area contributed by atoms with Gasteiger partial charge in [-0.25, -0.2) is 10.2 Å². The molecule has 0 aliphatic carbocycles. The van der Waals surface area contributed by atoms with Gasteiger partial charge < -0.3 is 4.74 Å². The standard InChI is InChI=1S/C12H13ClN2O2/c1-7-6-9(4-5-10(7)13)12(3)8(2)14-15-11(16)17-12/h4-6H,1-3H3,(H,15,16). The molecule has 4 nitrogen and oxygen atoms in total. The van der Waals surface area contributed by atoms with Gasteiger partial charge in [0.2, 0.25) is 0 Å². The molecule has 0 bridgehead atoms. The number of carbonyl (C=O) groups is 1. The summed E-state index contributed by atoms with van der Waals surface area (Å²) < 4.78 is 5.34. The summed E-state index contributed by atoms with van der Waals surface area (Å²) in [5.41, 5.74) is 3.94. The molecule has 90 valence electrons. The molecule has 0 saturated carbocycles. The molecule has 1 N–H and O–H groups in total. The number of cyclic esters (lactones) is 1. The molecule has 0 radical (unpaired) electrons. The molecule has 1 unspecified atom stereocenters. The van der Waals surface area contributed by atoms with E-state index >= 15 is 0 Å². The fourth-order valence-corrected chi connectivity index (χ4v) is 1.85. The molecular formula is C12H13ClN2O2. The number of hydrogen-bond donors (Lipinski definition) is 1. The molecule has 1 heterocycles. The average molecular weight is 253 g/mol. The van der Waals surface area contributed by atoms with E-state index in [2.05, 4.69) is 10.5 Å². The number of amides is 1. The van der Waals surface area contributed by atoms with E-state index in [0.717, 1.165) is 11.1 Å². The summed E-state index contributed by atoms with van der Waals surface area (Å²) in [6.07, 6.45) is -0.550. The summed E-state index contributed by atoms with van der Waals surface area (Å²) in [5.74, 6) is 0. The van der Waals surface area contributed by atoms with Crippen LogP contribution in [0.25, 0.3) is 0 Å². The number of nitrogens with zero attached hydrogens (tertiary/aromatic N) is 1. The molecule has 17 heavy (non-hydrogen) atoms. The Kier molecular flexibility index (Phi) is 2.83. The van der Waals surface area contributed by atoms with Gasteiger partial charge in [-0.15, -0.1) is 0 Å². The number of nitrogens with one attached hydrogen (secondary N) is 1. The Labute approximate surface area is 105 Å². The van der Waals surface area contributed by atoms with E-state index in [-0.39, 0.29) is 0 Å². The van der Waals surface area contributed by atoms with Gasteiger partial charge in [0.05, 0.1) is 5.71 Å². The highest BCUT2D eigenvalue weighted by molar-refractivity contribution is 6.31. The fraction of sp³-hybridized carbons (Fsp3) is 0.333. The molecule has 0 aromatic heterocycles. The van der Waals surface area contributed by atoms with Crippen LogP contribution in [-0.4, -0.2) is 11.8 Å². The number of rotatable bonds is 1. The summed E-state index contributed by atoms with van der Waals surface area (Å²) in [6.45, 7) is 5.53. The molecule has 5 heteroatoms. The number of halogens is 1. The molecule has 0 spiro atoms. The Balaban J connectivity index is 2.50. The molecule has 1 atom stereocenters. The van der Waals surface area contributed by atoms with Crippen molar-refractivity contribution in [2.45, 2.75) is 26.4 Å². The summed E-state index contributed by atoms with van der Waals surface area (Å²) in [7, 11) is 0. The number of hydrogen-bond acceptors (Lipinski definition) is 3. The van der Waals surface area contributed by atoms with Crippen molar-refractivity contribution >= 4 is 23.4 Å². The van der Waals surface area contributed by atoms with E-state index in [0.29, 0.717) is 10.7 Å². The van der Waals surface area contributed by atoms with Crippen molar-refractivity contribution in [1.82, 2.24) is 5.43 Å². The predicted octanol–water partition coefficient (Wildman–Crippen LogP) is 2.98. The second-order valence-electron chi connectivity index (χ2n) is 4.20. The van der Waals surface area contributed by atoms with Crippen LogP contribution in [0.4, 0.5) is 4.79 Å². The Morgan fingerprint density at radius 3 is 2.76 bits per heavy atom. The lowest BCUT2D eigenvalue weighted by molar-refractivity contribution is 0.0626. The highest BCUT2D eigenvalue weighted by atomic mass is 35.5. The number of carbonyl (C=O) groups excluding carboxylic acids is 1. The number of benzene rings is 1. The predicted molar refractivity (Wildman–Crippen MR) is 66.3 cm³/mol. The van der Waals surface area contributed by atoms with Gasteiger partial charge >= 0.3 is 6.09 Å². The van der Waals surface area contributed by atoms with Crippen LogP contribution >= 0.6 is 11.6 Å². The Bertz CT molecular complexity index is 513. The molecule has 1 aliphatic heterocycles. The van der Waals surface area contributed by atoms with Gasteiger partial charge in [0, 0.05) is 10.6 Å². The zero-order valence-corrected chi connectivity index (χ0v) is 10.6. The zero-order valence-electron chi connectivity index (χ0n) is 9.87. The van der Waals surface area contributed by atoms with Crippen LogP contribution in [0.1, 0.15) is 25.0 Å². The minimum absolute atomic E-state index is 0.550. The molecule has 1 aromatic rings. The highest BCUT2D eigenvalue weighted by Gasteiger charge is 2.37. The Morgan fingerprint density at radius 2 is 2.12 bits per heavy atom. The summed E-state index contributed by atoms with van der Waals surface area (Å²) >= 11 is 5.98. The lowest BCUT2D eigenvalue weighted by Gasteiger charge is -2.32. The van der Waals surface area contributed by atoms with Crippen LogP contribution in [0, 0.1) is 6.92 Å². The molecule has 0 saturated heterocycles. The molecular weight excluding hydrogens is 240 g/mol. The smallest absolute Gasteiger partial charge is 0.429 e. The van der Waals surface area contributed by atoms with E-state index in [9.17, 15) is 4.79 Å². The summed E-state index contributed by atoms with van der Waals surface area (Å²) in [5, 5.41) is 4.64. The third-order valence-electron chi connectivity index (χ3n) is 3.01. The topological polar surface area (TPSA) is 50.7 Å². The Morgan fingerprint density at radius 1 is 1.41 bits per heavy atom. The van der Waals surface area contributed by atoms with E-state index in [1.165, 1.54) is 0 Å². The second-order valence-corrected chi connectivity index (χ2v) is 4.60. The largest absolute Gasteiger partial charge is 0.431 e. The van der Waals surface area contributed by atoms with E-state index in [4.69, 9.17) is 16.3 Å². The monoisotopic (exact) mass is 252 g/mol. The third kappa shape index (κ3) is 2.00. The molecule has 1 amide bonds. The van der Waals surface area contributed by atoms with Crippen molar-refractivity contribution in [2.75, 3.05) is 0 Å². The van der Waals surface area contributed by atoms with Crippen molar-refractivity contribution in [2.24, 2.45) is 5.10 Å². The molecule has 0 fully saturated rings. The first-order valence-corrected chi connectivity index (χ1v) is 5.61. The van der Waals surface area contributed by atoms with Gasteiger partial charge in [-0.3, -0.25) is 0 Å². The second kappa shape index (κ2) is 4.04. The highest BCUT2D eigenvalue weighted by Crippen LogP contribution is 2.31. The maximum absolute atomic E-state index is 11.3. The molecule has 1 aromatic carbocycles. The van der Waals surface area contributed by atoms with E-state index < -0.39 is 11.7 Å². The van der Waals surface area contributed by atoms with Crippen LogP contribution in [0.5, 0.6) is 0 Å². The van der Waals surface area contributed by atoms with Gasteiger partial charge in [-0.2, -0.15) is 5.10 Å². The van der Waals surface area contributed by atoms with Crippen molar-refractivity contribution < 1.29 is 9.53 Å². The lowest BCUT2D eigenvalue weighted by atomic mass is 9.90. The molecule has 2 rings (SSSR count). The van der Waals surface area contributed by atoms with Gasteiger partial charge in [0.1, 0.15) is 0 Å². The van der Waals surface area contributed by atoms with Gasteiger partial charge in [-0.05, 0) is 32.4 Å². The zero-order chi connectivity index (χ0) is 12.6. The number of hydrazone groups is 1. The van der Waals surface area contributed by atoms with Crippen molar-refractivity contribution in [3.8, 4) is 0 Å². The first-order chi connectivity index (χ1) is 7.93. The minimum Gasteiger partial charge on any atom is -0.431 e. The lowest BCUT2D eigenvalue weighted by Crippen LogP contribution is -2.44. The quantitative estimate of drug-likeness (QED) is 0.835. The van der Waals surface area contributed by atoms with Crippen LogP contribution in [0.15, 0.2) is 23.3 Å². The summed E-state index contributed by atoms with van der Waals surface area (Å²) in [4.78, 5) is 11.3. The van der Waals surface area contributed by atoms with Crippen LogP contribution < -0.4 is 5.43 Å². The van der Waals surface area contributed by atoms with Crippen molar-refractivity contribution in [3.05, 3.63) is 34.3 Å². The van der Waals surface area contributed by atoms with Crippen LogP contribution in [0.3, 0.4) is 0 Å². The van der Waals surface area contributed by atoms with E-state index in [1.807, 2.05) is 32.9 Å². The normalized spacial score (nSPS) is 23.8. The maximum atomic E-state index is 11.3. The third-order valence-corrected chi connectivity index (χ3v) is 3.44. The van der Waals surface area contributed by atoms with Crippen LogP contribution in [0.2, 0.25) is 5.02 Å². The van der Waals surface area contributed by atoms with Crippen molar-refractivity contribution in [3.63, 3.8) is 0 Å².